The number of carbonyl (C=O) groups excluding carboxylic acids is 1. The maximum absolute atomic E-state index is 10.6. The lowest BCUT2D eigenvalue weighted by Gasteiger charge is -2.16. The fraction of sp³-hybridized carbons (Fsp3) is 0.794. The van der Waals surface area contributed by atoms with Crippen LogP contribution in [0.2, 0.25) is 19.6 Å². The van der Waals surface area contributed by atoms with Gasteiger partial charge in [0.2, 0.25) is 0 Å². The van der Waals surface area contributed by atoms with Crippen molar-refractivity contribution in [1.29, 1.82) is 0 Å². The van der Waals surface area contributed by atoms with E-state index in [4.69, 9.17) is 61.3 Å². The van der Waals surface area contributed by atoms with Gasteiger partial charge in [-0.25, -0.2) is 0 Å². The van der Waals surface area contributed by atoms with Crippen LogP contribution in [0.4, 0.5) is 0 Å². The first-order valence-corrected chi connectivity index (χ1v) is 20.6. The Bertz CT molecular complexity index is 828. The minimum atomic E-state index is -1.46. The van der Waals surface area contributed by atoms with E-state index in [-0.39, 0.29) is 0 Å². The second-order valence-corrected chi connectivity index (χ2v) is 15.7. The van der Waals surface area contributed by atoms with Crippen LogP contribution in [0.3, 0.4) is 0 Å². The van der Waals surface area contributed by atoms with E-state index in [9.17, 15) is 4.79 Å². The van der Waals surface area contributed by atoms with Gasteiger partial charge in [-0.3, -0.25) is 4.79 Å². The van der Waals surface area contributed by atoms with Gasteiger partial charge in [-0.2, -0.15) is 0 Å². The summed E-state index contributed by atoms with van der Waals surface area (Å²) in [5.41, 5.74) is 0.618. The normalized spacial score (nSPS) is 11.7. The van der Waals surface area contributed by atoms with Crippen LogP contribution in [0, 0.1) is 0 Å². The predicted octanol–water partition coefficient (Wildman–Crippen LogP) is 2.91. The van der Waals surface area contributed by atoms with E-state index in [1.165, 1.54) is 0 Å². The molecule has 0 aliphatic carbocycles. The molecule has 0 saturated carbocycles. The van der Waals surface area contributed by atoms with Crippen LogP contribution >= 0.6 is 0 Å². The highest BCUT2D eigenvalue weighted by atomic mass is 28.4. The first-order chi connectivity index (χ1) is 24.0. The Morgan fingerprint density at radius 2 is 0.633 bits per heavy atom. The zero-order valence-electron chi connectivity index (χ0n) is 30.1. The zero-order valence-corrected chi connectivity index (χ0v) is 31.1. The smallest absolute Gasteiger partial charge is 0.183 e. The highest BCUT2D eigenvalue weighted by Crippen LogP contribution is 2.10. The summed E-state index contributed by atoms with van der Waals surface area (Å²) in [6, 6.07) is 6.94. The Hall–Kier alpha value is -1.57. The molecule has 0 heterocycles. The molecule has 0 N–H and O–H groups in total. The summed E-state index contributed by atoms with van der Waals surface area (Å²) in [5, 5.41) is 0. The van der Waals surface area contributed by atoms with E-state index in [1.54, 1.807) is 24.3 Å². The van der Waals surface area contributed by atoms with Gasteiger partial charge < -0.3 is 61.3 Å². The molecule has 49 heavy (non-hydrogen) atoms. The molecule has 1 rings (SSSR count). The molecular formula is C34H62O14Si. The summed E-state index contributed by atoms with van der Waals surface area (Å²) < 4.78 is 71.5. The first kappa shape index (κ1) is 45.4. The Morgan fingerprint density at radius 3 is 0.878 bits per heavy atom. The molecule has 0 fully saturated rings. The lowest BCUT2D eigenvalue weighted by atomic mass is 10.2. The van der Waals surface area contributed by atoms with Gasteiger partial charge in [0.15, 0.2) is 8.32 Å². The van der Waals surface area contributed by atoms with Crippen molar-refractivity contribution in [1.82, 2.24) is 0 Å². The van der Waals surface area contributed by atoms with Crippen LogP contribution in [-0.4, -0.2) is 173 Å². The molecule has 0 amide bonds. The molecule has 0 radical (unpaired) electrons. The number of aldehydes is 1. The number of ether oxygens (including phenoxy) is 12. The van der Waals surface area contributed by atoms with Crippen LogP contribution in [0.1, 0.15) is 10.4 Å². The largest absolute Gasteiger partial charge is 0.491 e. The second kappa shape index (κ2) is 34.9. The van der Waals surface area contributed by atoms with Gasteiger partial charge in [-0.15, -0.1) is 0 Å². The Balaban J connectivity index is 1.63. The molecule has 15 heteroatoms. The molecular weight excluding hydrogens is 660 g/mol. The molecule has 1 aromatic carbocycles. The van der Waals surface area contributed by atoms with Crippen LogP contribution < -0.4 is 4.74 Å². The number of hydrogen-bond acceptors (Lipinski definition) is 14. The van der Waals surface area contributed by atoms with Gasteiger partial charge in [0.1, 0.15) is 18.6 Å². The molecule has 0 aromatic heterocycles. The topological polar surface area (TPSA) is 137 Å². The fourth-order valence-electron chi connectivity index (χ4n) is 3.57. The average Bonchev–Trinajstić information content (AvgIpc) is 3.09. The molecule has 0 spiro atoms. The summed E-state index contributed by atoms with van der Waals surface area (Å²) >= 11 is 0. The van der Waals surface area contributed by atoms with Gasteiger partial charge >= 0.3 is 0 Å². The van der Waals surface area contributed by atoms with Crippen molar-refractivity contribution < 1.29 is 66.1 Å². The Morgan fingerprint density at radius 1 is 0.388 bits per heavy atom. The van der Waals surface area contributed by atoms with E-state index in [2.05, 4.69) is 19.6 Å². The van der Waals surface area contributed by atoms with Gasteiger partial charge in [0.25, 0.3) is 0 Å². The van der Waals surface area contributed by atoms with E-state index in [0.29, 0.717) is 170 Å². The summed E-state index contributed by atoms with van der Waals surface area (Å²) in [7, 11) is -1.46. The van der Waals surface area contributed by atoms with Gasteiger partial charge in [0, 0.05) is 5.56 Å². The van der Waals surface area contributed by atoms with Crippen molar-refractivity contribution >= 4 is 14.6 Å². The number of hydrogen-bond donors (Lipinski definition) is 0. The third kappa shape index (κ3) is 34.6. The summed E-state index contributed by atoms with van der Waals surface area (Å²) in [4.78, 5) is 10.6. The van der Waals surface area contributed by atoms with Crippen LogP contribution in [0.25, 0.3) is 0 Å². The number of rotatable bonds is 39. The van der Waals surface area contributed by atoms with Gasteiger partial charge in [0.05, 0.1) is 152 Å². The summed E-state index contributed by atoms with van der Waals surface area (Å²) in [6.07, 6.45) is 0.798. The van der Waals surface area contributed by atoms with Crippen molar-refractivity contribution in [3.8, 4) is 5.75 Å². The Kier molecular flexibility index (Phi) is 32.3. The van der Waals surface area contributed by atoms with Crippen molar-refractivity contribution in [3.63, 3.8) is 0 Å². The zero-order chi connectivity index (χ0) is 35.4. The van der Waals surface area contributed by atoms with E-state index < -0.39 is 8.32 Å². The highest BCUT2D eigenvalue weighted by Gasteiger charge is 2.13. The summed E-state index contributed by atoms with van der Waals surface area (Å²) in [5.74, 6) is 0.704. The third-order valence-electron chi connectivity index (χ3n) is 6.00. The molecule has 1 aromatic rings. The molecule has 286 valence electrons. The van der Waals surface area contributed by atoms with Crippen molar-refractivity contribution in [3.05, 3.63) is 29.8 Å². The van der Waals surface area contributed by atoms with E-state index >= 15 is 0 Å². The van der Waals surface area contributed by atoms with Crippen molar-refractivity contribution in [2.24, 2.45) is 0 Å². The van der Waals surface area contributed by atoms with E-state index in [0.717, 1.165) is 6.29 Å². The quantitative estimate of drug-likeness (QED) is 0.0560. The molecule has 0 aliphatic heterocycles. The highest BCUT2D eigenvalue weighted by molar-refractivity contribution is 6.69. The monoisotopic (exact) mass is 722 g/mol. The maximum Gasteiger partial charge on any atom is 0.183 e. The molecule has 14 nitrogen and oxygen atoms in total. The maximum atomic E-state index is 10.6. The molecule has 0 bridgehead atoms. The number of benzene rings is 1. The minimum absolute atomic E-state index is 0.430. The number of carbonyl (C=O) groups is 1. The Labute approximate surface area is 294 Å². The third-order valence-corrected chi connectivity index (χ3v) is 7.07. The molecule has 0 saturated heterocycles. The van der Waals surface area contributed by atoms with Crippen LogP contribution in [-0.2, 0) is 56.5 Å². The average molecular weight is 723 g/mol. The fourth-order valence-corrected chi connectivity index (χ4v) is 4.26. The lowest BCUT2D eigenvalue weighted by molar-refractivity contribution is -0.0279. The molecule has 0 unspecified atom stereocenters. The van der Waals surface area contributed by atoms with Crippen molar-refractivity contribution in [2.75, 3.05) is 159 Å². The second-order valence-electron chi connectivity index (χ2n) is 11.2. The lowest BCUT2D eigenvalue weighted by Crippen LogP contribution is -2.27. The molecule has 0 atom stereocenters. The SMILES string of the molecule is C[Si](C)(C)OCCOCCOCCOCCOCCOCCOCCOCCOCCOCCOCCOCCOc1ccc(C=O)cc1. The van der Waals surface area contributed by atoms with E-state index in [1.807, 2.05) is 0 Å². The minimum Gasteiger partial charge on any atom is -0.491 e. The van der Waals surface area contributed by atoms with Crippen LogP contribution in [0.5, 0.6) is 5.75 Å². The first-order valence-electron chi connectivity index (χ1n) is 17.2. The van der Waals surface area contributed by atoms with Gasteiger partial charge in [-0.1, -0.05) is 0 Å². The van der Waals surface area contributed by atoms with Gasteiger partial charge in [-0.05, 0) is 43.9 Å². The summed E-state index contributed by atoms with van der Waals surface area (Å²) in [6.45, 7) is 18.8. The van der Waals surface area contributed by atoms with Crippen molar-refractivity contribution in [2.45, 2.75) is 19.6 Å². The standard InChI is InChI=1S/C34H62O14Si/c1-49(2,3)48-31-29-46-27-25-44-23-21-42-19-17-40-15-13-38-11-9-36-8-10-37-12-14-39-16-18-41-20-22-43-24-26-45-28-30-47-34-6-4-33(32-35)5-7-34/h4-7,32H,8-31H2,1-3H3. The predicted molar refractivity (Wildman–Crippen MR) is 186 cm³/mol. The molecule has 0 aliphatic rings. The van der Waals surface area contributed by atoms with Crippen LogP contribution in [0.15, 0.2) is 24.3 Å².